The summed E-state index contributed by atoms with van der Waals surface area (Å²) in [5.74, 6) is 0.0421. The van der Waals surface area contributed by atoms with E-state index in [9.17, 15) is 14.0 Å². The van der Waals surface area contributed by atoms with Crippen LogP contribution in [0.4, 0.5) is 4.39 Å². The number of ether oxygens (including phenoxy) is 1. The van der Waals surface area contributed by atoms with Gasteiger partial charge in [-0.05, 0) is 76.9 Å². The van der Waals surface area contributed by atoms with Gasteiger partial charge in [0.15, 0.2) is 6.61 Å². The highest BCUT2D eigenvalue weighted by Gasteiger charge is 2.29. The first-order valence-electron chi connectivity index (χ1n) is 10.00. The number of hydrogen-bond donors (Lipinski definition) is 1. The highest BCUT2D eigenvalue weighted by Crippen LogP contribution is 2.16. The molecule has 5 nitrogen and oxygen atoms in total. The largest absolute Gasteiger partial charge is 0.484 e. The zero-order valence-electron chi connectivity index (χ0n) is 17.5. The van der Waals surface area contributed by atoms with Crippen molar-refractivity contribution < 1.29 is 18.7 Å². The van der Waals surface area contributed by atoms with Gasteiger partial charge in [-0.15, -0.1) is 0 Å². The van der Waals surface area contributed by atoms with Crippen molar-refractivity contribution in [2.75, 3.05) is 13.2 Å². The minimum atomic E-state index is -0.637. The molecular weight excluding hydrogens is 498 g/mol. The second-order valence-corrected chi connectivity index (χ2v) is 8.70. The smallest absolute Gasteiger partial charge is 0.261 e. The molecule has 0 radical (unpaired) electrons. The lowest BCUT2D eigenvalue weighted by molar-refractivity contribution is -0.143. The number of hydrogen-bond acceptors (Lipinski definition) is 3. The van der Waals surface area contributed by atoms with E-state index in [2.05, 4.69) is 27.9 Å². The van der Waals surface area contributed by atoms with E-state index in [-0.39, 0.29) is 30.8 Å². The van der Waals surface area contributed by atoms with Gasteiger partial charge >= 0.3 is 0 Å². The maximum atomic E-state index is 13.3. The monoisotopic (exact) mass is 526 g/mol. The van der Waals surface area contributed by atoms with Gasteiger partial charge in [0.2, 0.25) is 5.91 Å². The summed E-state index contributed by atoms with van der Waals surface area (Å²) in [5, 5.41) is 2.91. The lowest BCUT2D eigenvalue weighted by Gasteiger charge is -2.30. The molecule has 0 spiro atoms. The summed E-state index contributed by atoms with van der Waals surface area (Å²) in [6, 6.07) is 12.7. The third-order valence-corrected chi connectivity index (χ3v) is 5.23. The second-order valence-electron chi connectivity index (χ2n) is 7.45. The molecule has 0 aliphatic heterocycles. The SMILES string of the molecule is CC[C@@H](C(=O)NCC(C)C)N(Cc1ccc(F)cc1)C(=O)COc1ccc(I)cc1. The Balaban J connectivity index is 2.17. The summed E-state index contributed by atoms with van der Waals surface area (Å²) in [5.41, 5.74) is 0.745. The number of amides is 2. The normalized spacial score (nSPS) is 11.8. The average Bonchev–Trinajstić information content (AvgIpc) is 2.72. The van der Waals surface area contributed by atoms with Crippen molar-refractivity contribution in [2.24, 2.45) is 5.92 Å². The molecule has 0 aliphatic rings. The molecule has 0 fully saturated rings. The van der Waals surface area contributed by atoms with Gasteiger partial charge in [0.05, 0.1) is 0 Å². The van der Waals surface area contributed by atoms with Gasteiger partial charge in [0.1, 0.15) is 17.6 Å². The number of carbonyl (C=O) groups is 2. The third kappa shape index (κ3) is 7.59. The molecular formula is C23H28FIN2O3. The lowest BCUT2D eigenvalue weighted by atomic mass is 10.1. The van der Waals surface area contributed by atoms with Crippen molar-refractivity contribution in [3.63, 3.8) is 0 Å². The van der Waals surface area contributed by atoms with E-state index in [0.29, 0.717) is 24.6 Å². The predicted molar refractivity (Wildman–Crippen MR) is 124 cm³/mol. The van der Waals surface area contributed by atoms with E-state index in [1.54, 1.807) is 24.3 Å². The fourth-order valence-electron chi connectivity index (χ4n) is 2.89. The molecule has 2 amide bonds. The molecule has 0 saturated heterocycles. The van der Waals surface area contributed by atoms with Crippen molar-refractivity contribution in [1.82, 2.24) is 10.2 Å². The zero-order chi connectivity index (χ0) is 22.1. The van der Waals surface area contributed by atoms with Crippen LogP contribution < -0.4 is 10.1 Å². The van der Waals surface area contributed by atoms with E-state index in [4.69, 9.17) is 4.74 Å². The molecule has 0 aromatic heterocycles. The van der Waals surface area contributed by atoms with E-state index in [1.165, 1.54) is 17.0 Å². The maximum absolute atomic E-state index is 13.3. The van der Waals surface area contributed by atoms with Crippen LogP contribution in [0.1, 0.15) is 32.8 Å². The van der Waals surface area contributed by atoms with Crippen LogP contribution in [0.2, 0.25) is 0 Å². The van der Waals surface area contributed by atoms with Gasteiger partial charge in [0.25, 0.3) is 5.91 Å². The Morgan fingerprint density at radius 2 is 1.73 bits per heavy atom. The molecule has 0 saturated carbocycles. The van der Waals surface area contributed by atoms with Gasteiger partial charge in [-0.3, -0.25) is 9.59 Å². The minimum absolute atomic E-state index is 0.185. The molecule has 0 bridgehead atoms. The summed E-state index contributed by atoms with van der Waals surface area (Å²) < 4.78 is 20.0. The number of nitrogens with one attached hydrogen (secondary N) is 1. The lowest BCUT2D eigenvalue weighted by Crippen LogP contribution is -2.50. The van der Waals surface area contributed by atoms with Gasteiger partial charge in [-0.25, -0.2) is 4.39 Å². The highest BCUT2D eigenvalue weighted by molar-refractivity contribution is 14.1. The molecule has 0 heterocycles. The molecule has 1 N–H and O–H groups in total. The van der Waals surface area contributed by atoms with Gasteiger partial charge < -0.3 is 15.0 Å². The van der Waals surface area contributed by atoms with Crippen LogP contribution in [0.15, 0.2) is 48.5 Å². The molecule has 2 aromatic carbocycles. The topological polar surface area (TPSA) is 58.6 Å². The van der Waals surface area contributed by atoms with Crippen molar-refractivity contribution in [3.8, 4) is 5.75 Å². The number of carbonyl (C=O) groups excluding carboxylic acids is 2. The first kappa shape index (κ1) is 24.1. The predicted octanol–water partition coefficient (Wildman–Crippen LogP) is 4.39. The summed E-state index contributed by atoms with van der Waals surface area (Å²) in [6.45, 7) is 6.44. The molecule has 0 unspecified atom stereocenters. The molecule has 7 heteroatoms. The maximum Gasteiger partial charge on any atom is 0.261 e. The second kappa shape index (κ2) is 11.9. The Morgan fingerprint density at radius 1 is 1.10 bits per heavy atom. The van der Waals surface area contributed by atoms with E-state index in [1.807, 2.05) is 32.9 Å². The summed E-state index contributed by atoms with van der Waals surface area (Å²) in [7, 11) is 0. The molecule has 0 aliphatic carbocycles. The Kier molecular flexibility index (Phi) is 9.55. The molecule has 2 aromatic rings. The molecule has 1 atom stereocenters. The van der Waals surface area contributed by atoms with E-state index < -0.39 is 6.04 Å². The standard InChI is InChI=1S/C23H28FIN2O3/c1-4-21(23(29)26-13-16(2)3)27(14-17-5-7-18(24)8-6-17)22(28)15-30-20-11-9-19(25)10-12-20/h5-12,16,21H,4,13-15H2,1-3H3,(H,26,29)/t21-/m0/s1. The van der Waals surface area contributed by atoms with Crippen LogP contribution in [0.25, 0.3) is 0 Å². The number of rotatable bonds is 10. The van der Waals surface area contributed by atoms with Crippen LogP contribution in [-0.4, -0.2) is 35.9 Å². The van der Waals surface area contributed by atoms with Gasteiger partial charge in [-0.2, -0.15) is 0 Å². The summed E-state index contributed by atoms with van der Waals surface area (Å²) in [6.07, 6.45) is 0.459. The van der Waals surface area contributed by atoms with Crippen LogP contribution in [0.3, 0.4) is 0 Å². The fourth-order valence-corrected chi connectivity index (χ4v) is 3.25. The van der Waals surface area contributed by atoms with Crippen molar-refractivity contribution >= 4 is 34.4 Å². The number of nitrogens with zero attached hydrogens (tertiary/aromatic N) is 1. The summed E-state index contributed by atoms with van der Waals surface area (Å²) >= 11 is 2.19. The van der Waals surface area contributed by atoms with Gasteiger partial charge in [-0.1, -0.05) is 32.9 Å². The highest BCUT2D eigenvalue weighted by atomic mass is 127. The van der Waals surface area contributed by atoms with E-state index in [0.717, 1.165) is 9.13 Å². The molecule has 162 valence electrons. The Labute approximate surface area is 191 Å². The number of benzene rings is 2. The van der Waals surface area contributed by atoms with Crippen LogP contribution >= 0.6 is 22.6 Å². The van der Waals surface area contributed by atoms with Crippen LogP contribution in [0, 0.1) is 15.3 Å². The molecule has 30 heavy (non-hydrogen) atoms. The average molecular weight is 526 g/mol. The van der Waals surface area contributed by atoms with Crippen molar-refractivity contribution in [1.29, 1.82) is 0 Å². The summed E-state index contributed by atoms with van der Waals surface area (Å²) in [4.78, 5) is 27.3. The van der Waals surface area contributed by atoms with Crippen LogP contribution in [-0.2, 0) is 16.1 Å². The van der Waals surface area contributed by atoms with Crippen LogP contribution in [0.5, 0.6) is 5.75 Å². The van der Waals surface area contributed by atoms with Crippen molar-refractivity contribution in [2.45, 2.75) is 39.8 Å². The molecule has 2 rings (SSSR count). The number of halogens is 2. The first-order valence-corrected chi connectivity index (χ1v) is 11.1. The van der Waals surface area contributed by atoms with Gasteiger partial charge in [0, 0.05) is 16.7 Å². The quantitative estimate of drug-likeness (QED) is 0.468. The van der Waals surface area contributed by atoms with E-state index >= 15 is 0 Å². The van der Waals surface area contributed by atoms with Crippen molar-refractivity contribution in [3.05, 3.63) is 63.5 Å². The zero-order valence-corrected chi connectivity index (χ0v) is 19.7. The first-order chi connectivity index (χ1) is 14.3. The fraction of sp³-hybridized carbons (Fsp3) is 0.391. The Morgan fingerprint density at radius 3 is 2.30 bits per heavy atom. The Bertz CT molecular complexity index is 825. The Hall–Kier alpha value is -2.16. The minimum Gasteiger partial charge on any atom is -0.484 e. The third-order valence-electron chi connectivity index (χ3n) is 4.51.